The Bertz CT molecular complexity index is 907. The summed E-state index contributed by atoms with van der Waals surface area (Å²) in [5, 5.41) is 0.471. The molecule has 0 unspecified atom stereocenters. The van der Waals surface area contributed by atoms with Crippen molar-refractivity contribution in [2.24, 2.45) is 0 Å². The van der Waals surface area contributed by atoms with Crippen LogP contribution in [0.15, 0.2) is 51.7 Å². The summed E-state index contributed by atoms with van der Waals surface area (Å²) in [6.45, 7) is 3.87. The van der Waals surface area contributed by atoms with Crippen molar-refractivity contribution in [3.63, 3.8) is 0 Å². The zero-order chi connectivity index (χ0) is 17.1. The van der Waals surface area contributed by atoms with Crippen molar-refractivity contribution in [2.45, 2.75) is 26.7 Å². The monoisotopic (exact) mass is 324 g/mol. The summed E-state index contributed by atoms with van der Waals surface area (Å²) < 4.78 is 16.7. The average molecular weight is 324 g/mol. The van der Waals surface area contributed by atoms with E-state index in [1.54, 1.807) is 32.2 Å². The summed E-state index contributed by atoms with van der Waals surface area (Å²) in [6, 6.07) is 12.9. The predicted molar refractivity (Wildman–Crippen MR) is 94.3 cm³/mol. The number of ether oxygens (including phenoxy) is 2. The fourth-order valence-electron chi connectivity index (χ4n) is 2.64. The van der Waals surface area contributed by atoms with E-state index in [9.17, 15) is 4.79 Å². The van der Waals surface area contributed by atoms with Gasteiger partial charge in [-0.1, -0.05) is 25.5 Å². The van der Waals surface area contributed by atoms with Gasteiger partial charge in [0.1, 0.15) is 22.8 Å². The van der Waals surface area contributed by atoms with Crippen molar-refractivity contribution >= 4 is 11.0 Å². The minimum atomic E-state index is -0.186. The molecule has 3 rings (SSSR count). The highest BCUT2D eigenvalue weighted by Crippen LogP contribution is 2.27. The van der Waals surface area contributed by atoms with Crippen LogP contribution in [0, 0.1) is 6.92 Å². The molecular formula is C20H20O4. The van der Waals surface area contributed by atoms with Gasteiger partial charge in [0.25, 0.3) is 0 Å². The molecule has 4 heteroatoms. The van der Waals surface area contributed by atoms with E-state index in [0.29, 0.717) is 28.2 Å². The van der Waals surface area contributed by atoms with Crippen LogP contribution >= 0.6 is 0 Å². The van der Waals surface area contributed by atoms with E-state index < -0.39 is 0 Å². The zero-order valence-electron chi connectivity index (χ0n) is 14.1. The molecule has 0 aliphatic carbocycles. The summed E-state index contributed by atoms with van der Waals surface area (Å²) in [6.07, 6.45) is 2.12. The number of hydrogen-bond acceptors (Lipinski definition) is 4. The number of rotatable bonds is 5. The lowest BCUT2D eigenvalue weighted by Crippen LogP contribution is -2.07. The molecule has 0 saturated carbocycles. The first-order valence-corrected chi connectivity index (χ1v) is 8.00. The summed E-state index contributed by atoms with van der Waals surface area (Å²) >= 11 is 0. The molecule has 0 saturated heterocycles. The second kappa shape index (κ2) is 6.79. The minimum Gasteiger partial charge on any atom is -0.497 e. The van der Waals surface area contributed by atoms with E-state index in [1.165, 1.54) is 5.56 Å². The maximum atomic E-state index is 12.7. The van der Waals surface area contributed by atoms with E-state index in [-0.39, 0.29) is 11.2 Å². The van der Waals surface area contributed by atoms with Gasteiger partial charge >= 0.3 is 0 Å². The molecule has 0 aliphatic rings. The Morgan fingerprint density at radius 2 is 1.75 bits per heavy atom. The van der Waals surface area contributed by atoms with Crippen LogP contribution in [-0.2, 0) is 6.42 Å². The van der Waals surface area contributed by atoms with Crippen LogP contribution in [0.3, 0.4) is 0 Å². The first-order chi connectivity index (χ1) is 11.6. The zero-order valence-corrected chi connectivity index (χ0v) is 14.1. The molecule has 24 heavy (non-hydrogen) atoms. The van der Waals surface area contributed by atoms with Crippen LogP contribution in [0.2, 0.25) is 0 Å². The van der Waals surface area contributed by atoms with E-state index >= 15 is 0 Å². The lowest BCUT2D eigenvalue weighted by atomic mass is 10.1. The van der Waals surface area contributed by atoms with Gasteiger partial charge in [-0.05, 0) is 43.2 Å². The second-order valence-electron chi connectivity index (χ2n) is 5.67. The largest absolute Gasteiger partial charge is 0.497 e. The van der Waals surface area contributed by atoms with Gasteiger partial charge < -0.3 is 13.9 Å². The Balaban J connectivity index is 1.98. The van der Waals surface area contributed by atoms with E-state index in [2.05, 4.69) is 6.92 Å². The molecule has 0 aliphatic heterocycles. The van der Waals surface area contributed by atoms with Crippen molar-refractivity contribution < 1.29 is 13.9 Å². The Hall–Kier alpha value is -2.75. The van der Waals surface area contributed by atoms with Gasteiger partial charge in [-0.2, -0.15) is 0 Å². The molecule has 0 radical (unpaired) electrons. The molecule has 0 spiro atoms. The van der Waals surface area contributed by atoms with Crippen molar-refractivity contribution in [3.8, 4) is 17.2 Å². The quantitative estimate of drug-likeness (QED) is 0.673. The predicted octanol–water partition coefficient (Wildman–Crippen LogP) is 4.85. The first-order valence-electron chi connectivity index (χ1n) is 8.00. The number of fused-ring (bicyclic) bond motifs is 1. The van der Waals surface area contributed by atoms with Gasteiger partial charge in [-0.25, -0.2) is 0 Å². The molecule has 124 valence electrons. The smallest absolute Gasteiger partial charge is 0.235 e. The Labute approximate surface area is 140 Å². The van der Waals surface area contributed by atoms with Crippen LogP contribution in [-0.4, -0.2) is 7.11 Å². The third kappa shape index (κ3) is 3.13. The third-order valence-electron chi connectivity index (χ3n) is 3.90. The summed E-state index contributed by atoms with van der Waals surface area (Å²) in [4.78, 5) is 12.7. The fraction of sp³-hybridized carbons (Fsp3) is 0.250. The molecule has 2 aromatic carbocycles. The third-order valence-corrected chi connectivity index (χ3v) is 3.90. The summed E-state index contributed by atoms with van der Waals surface area (Å²) in [5.41, 5.74) is 1.55. The molecule has 4 nitrogen and oxygen atoms in total. The number of benzene rings is 2. The molecule has 0 amide bonds. The highest BCUT2D eigenvalue weighted by Gasteiger charge is 2.14. The van der Waals surface area contributed by atoms with Gasteiger partial charge in [0.05, 0.1) is 12.5 Å². The van der Waals surface area contributed by atoms with Crippen LogP contribution in [0.4, 0.5) is 0 Å². The topological polar surface area (TPSA) is 48.7 Å². The van der Waals surface area contributed by atoms with E-state index in [1.807, 2.05) is 24.3 Å². The van der Waals surface area contributed by atoms with Gasteiger partial charge in [0, 0.05) is 6.07 Å². The average Bonchev–Trinajstić information content (AvgIpc) is 2.59. The number of methoxy groups -OCH3 is 1. The van der Waals surface area contributed by atoms with Gasteiger partial charge in [-0.3, -0.25) is 4.79 Å². The molecule has 1 heterocycles. The SMILES string of the molecule is CCCc1ccc(Oc2c(C)oc3cc(OC)ccc3c2=O)cc1. The number of hydrogen-bond donors (Lipinski definition) is 0. The Kier molecular flexibility index (Phi) is 4.56. The van der Waals surface area contributed by atoms with Gasteiger partial charge in [0.15, 0.2) is 0 Å². The van der Waals surface area contributed by atoms with Crippen LogP contribution in [0.25, 0.3) is 11.0 Å². The first kappa shape index (κ1) is 16.1. The maximum absolute atomic E-state index is 12.7. The lowest BCUT2D eigenvalue weighted by Gasteiger charge is -2.10. The van der Waals surface area contributed by atoms with Crippen molar-refractivity contribution in [2.75, 3.05) is 7.11 Å². The van der Waals surface area contributed by atoms with E-state index in [0.717, 1.165) is 12.8 Å². The Morgan fingerprint density at radius 3 is 2.42 bits per heavy atom. The Morgan fingerprint density at radius 1 is 1.04 bits per heavy atom. The molecule has 0 bridgehead atoms. The molecule has 0 fully saturated rings. The highest BCUT2D eigenvalue weighted by atomic mass is 16.5. The molecule has 0 N–H and O–H groups in total. The standard InChI is InChI=1S/C20H20O4/c1-4-5-14-6-8-15(9-7-14)24-20-13(2)23-18-12-16(22-3)10-11-17(18)19(20)21/h6-12H,4-5H2,1-3H3. The normalized spacial score (nSPS) is 10.8. The molecular weight excluding hydrogens is 304 g/mol. The fourth-order valence-corrected chi connectivity index (χ4v) is 2.64. The van der Waals surface area contributed by atoms with Crippen molar-refractivity contribution in [1.82, 2.24) is 0 Å². The number of aryl methyl sites for hydroxylation is 2. The molecule has 1 aromatic heterocycles. The minimum absolute atomic E-state index is 0.186. The van der Waals surface area contributed by atoms with Crippen molar-refractivity contribution in [3.05, 3.63) is 64.0 Å². The van der Waals surface area contributed by atoms with Gasteiger partial charge in [0.2, 0.25) is 11.2 Å². The van der Waals surface area contributed by atoms with Gasteiger partial charge in [-0.15, -0.1) is 0 Å². The molecule has 0 atom stereocenters. The van der Waals surface area contributed by atoms with Crippen LogP contribution in [0.1, 0.15) is 24.7 Å². The van der Waals surface area contributed by atoms with Crippen LogP contribution in [0.5, 0.6) is 17.2 Å². The maximum Gasteiger partial charge on any atom is 0.235 e. The summed E-state index contributed by atoms with van der Waals surface area (Å²) in [7, 11) is 1.58. The second-order valence-corrected chi connectivity index (χ2v) is 5.67. The van der Waals surface area contributed by atoms with E-state index in [4.69, 9.17) is 13.9 Å². The lowest BCUT2D eigenvalue weighted by molar-refractivity contribution is 0.412. The summed E-state index contributed by atoms with van der Waals surface area (Å²) in [5.74, 6) is 1.93. The van der Waals surface area contributed by atoms with Crippen molar-refractivity contribution in [1.29, 1.82) is 0 Å². The highest BCUT2D eigenvalue weighted by molar-refractivity contribution is 5.79. The molecule has 3 aromatic rings. The van der Waals surface area contributed by atoms with Crippen LogP contribution < -0.4 is 14.9 Å².